The number of rotatable bonds is 6. The van der Waals surface area contributed by atoms with Crippen molar-refractivity contribution in [3.05, 3.63) is 327 Å². The van der Waals surface area contributed by atoms with Crippen LogP contribution in [0.25, 0.3) is 0 Å². The van der Waals surface area contributed by atoms with E-state index in [1.165, 1.54) is 46.2 Å². The first-order chi connectivity index (χ1) is 46.1. The van der Waals surface area contributed by atoms with Gasteiger partial charge in [0.1, 0.15) is 63.2 Å². The fourth-order valence-electron chi connectivity index (χ4n) is 7.95. The third-order valence-corrected chi connectivity index (χ3v) is 14.1. The van der Waals surface area contributed by atoms with Gasteiger partial charge in [-0.25, -0.2) is 0 Å². The average molecular weight is 1320 g/mol. The number of benzene rings is 11. The van der Waals surface area contributed by atoms with E-state index in [4.69, 9.17) is 51.1 Å². The molecule has 11 aromatic rings. The van der Waals surface area contributed by atoms with E-state index in [0.29, 0.717) is 63.2 Å². The van der Waals surface area contributed by atoms with Crippen molar-refractivity contribution >= 4 is 0 Å². The van der Waals surface area contributed by atoms with Crippen LogP contribution in [0, 0.1) is 76.2 Å². The van der Waals surface area contributed by atoms with E-state index in [2.05, 4.69) is 20.8 Å². The Balaban J connectivity index is 0.000000534. The maximum atomic E-state index is 9.21. The number of phenols is 11. The maximum absolute atomic E-state index is 9.21. The summed E-state index contributed by atoms with van der Waals surface area (Å²) in [4.78, 5) is 0. The SMILES string of the molecule is CCCCc1ccc(O)cc1.CCCc1ccc(O)cc1.CCc1ccc(O)cc1.Cc1ccc(C)c(O)c1.Cc1ccc(O)c(C)c1.Cc1ccc(O)cc1.Cc1ccc(O)cc1C.Cc1cccc(C)c1O.Cc1cccc(O)c1.Cc1ccccc1O.Oc1ccccc1. The van der Waals surface area contributed by atoms with Crippen LogP contribution in [0.3, 0.4) is 0 Å². The van der Waals surface area contributed by atoms with Crippen molar-refractivity contribution in [1.82, 2.24) is 0 Å². The number of aryl methyl sites for hydroxylation is 14. The van der Waals surface area contributed by atoms with E-state index >= 15 is 0 Å². The first-order valence-corrected chi connectivity index (χ1v) is 32.4. The molecule has 0 heterocycles. The van der Waals surface area contributed by atoms with Crippen molar-refractivity contribution in [1.29, 1.82) is 0 Å². The summed E-state index contributed by atoms with van der Waals surface area (Å²) in [5.41, 5.74) is 15.4. The van der Waals surface area contributed by atoms with Crippen LogP contribution in [0.15, 0.2) is 249 Å². The molecule has 11 aromatic carbocycles. The Labute approximate surface area is 578 Å². The van der Waals surface area contributed by atoms with E-state index in [1.807, 2.05) is 210 Å². The minimum absolute atomic E-state index is 0.322. The molecule has 0 aliphatic rings. The lowest BCUT2D eigenvalue weighted by Crippen LogP contribution is -1.82. The molecule has 0 amide bonds. The van der Waals surface area contributed by atoms with Gasteiger partial charge in [0.25, 0.3) is 0 Å². The van der Waals surface area contributed by atoms with Crippen molar-refractivity contribution in [2.45, 2.75) is 135 Å². The molecule has 0 atom stereocenters. The largest absolute Gasteiger partial charge is 0.508 e. The number of phenolic OH excluding ortho intramolecular Hbond substituents is 11. The molecule has 0 radical (unpaired) electrons. The predicted octanol–water partition coefficient (Wildman–Crippen LogP) is 21.6. The third-order valence-electron chi connectivity index (χ3n) is 14.1. The van der Waals surface area contributed by atoms with Crippen LogP contribution in [0.5, 0.6) is 63.2 Å². The summed E-state index contributed by atoms with van der Waals surface area (Å²) in [5.74, 6) is 3.92. The van der Waals surface area contributed by atoms with Crippen LogP contribution < -0.4 is 0 Å². The first-order valence-electron chi connectivity index (χ1n) is 32.4. The van der Waals surface area contributed by atoms with Crippen molar-refractivity contribution in [2.24, 2.45) is 0 Å². The summed E-state index contributed by atoms with van der Waals surface area (Å²) in [6.07, 6.45) is 6.85. The lowest BCUT2D eigenvalue weighted by molar-refractivity contribution is 0.466. The Morgan fingerprint density at radius 2 is 0.588 bits per heavy atom. The van der Waals surface area contributed by atoms with Crippen LogP contribution in [-0.4, -0.2) is 56.2 Å². The molecule has 0 aliphatic carbocycles. The molecular weight excluding hydrogens is 1210 g/mol. The smallest absolute Gasteiger partial charge is 0.121 e. The second-order valence-electron chi connectivity index (χ2n) is 23.1. The van der Waals surface area contributed by atoms with Gasteiger partial charge >= 0.3 is 0 Å². The summed E-state index contributed by atoms with van der Waals surface area (Å²) in [7, 11) is 0. The second-order valence-corrected chi connectivity index (χ2v) is 23.1. The van der Waals surface area contributed by atoms with E-state index < -0.39 is 0 Å². The fourth-order valence-corrected chi connectivity index (χ4v) is 7.95. The molecule has 0 aromatic heterocycles. The van der Waals surface area contributed by atoms with E-state index in [1.54, 1.807) is 115 Å². The van der Waals surface area contributed by atoms with Gasteiger partial charge in [-0.3, -0.25) is 0 Å². The topological polar surface area (TPSA) is 223 Å². The van der Waals surface area contributed by atoms with Gasteiger partial charge in [0.05, 0.1) is 0 Å². The summed E-state index contributed by atoms with van der Waals surface area (Å²) >= 11 is 0. The summed E-state index contributed by atoms with van der Waals surface area (Å²) in [5, 5.41) is 98.2. The molecule has 11 nitrogen and oxygen atoms in total. The third kappa shape index (κ3) is 40.8. The Morgan fingerprint density at radius 3 is 0.948 bits per heavy atom. The average Bonchev–Trinajstić information content (AvgIpc) is 1.61. The molecular formula is C86H106O11. The number of para-hydroxylation sites is 3. The Bertz CT molecular complexity index is 3650. The molecule has 0 saturated heterocycles. The molecule has 0 saturated carbocycles. The zero-order valence-electron chi connectivity index (χ0n) is 59.3. The molecule has 0 aliphatic heterocycles. The number of hydrogen-bond acceptors (Lipinski definition) is 11. The van der Waals surface area contributed by atoms with Crippen molar-refractivity contribution < 1.29 is 56.2 Å². The van der Waals surface area contributed by atoms with Crippen molar-refractivity contribution in [3.63, 3.8) is 0 Å². The molecule has 11 heteroatoms. The second kappa shape index (κ2) is 48.9. The van der Waals surface area contributed by atoms with Gasteiger partial charge < -0.3 is 56.2 Å². The Hall–Kier alpha value is -10.8. The monoisotopic (exact) mass is 1310 g/mol. The molecule has 0 bridgehead atoms. The molecule has 11 rings (SSSR count). The lowest BCUT2D eigenvalue weighted by Gasteiger charge is -1.99. The lowest BCUT2D eigenvalue weighted by atomic mass is 10.1. The predicted molar refractivity (Wildman–Crippen MR) is 403 cm³/mol. The van der Waals surface area contributed by atoms with Gasteiger partial charge in [-0.05, 0) is 272 Å². The van der Waals surface area contributed by atoms with E-state index in [0.717, 1.165) is 70.2 Å². The molecule has 0 unspecified atom stereocenters. The van der Waals surface area contributed by atoms with Crippen molar-refractivity contribution in [3.8, 4) is 63.2 Å². The van der Waals surface area contributed by atoms with Crippen LogP contribution >= 0.6 is 0 Å². The highest BCUT2D eigenvalue weighted by molar-refractivity contribution is 5.39. The minimum atomic E-state index is 0.322. The summed E-state index contributed by atoms with van der Waals surface area (Å²) in [6.45, 7) is 27.7. The zero-order valence-corrected chi connectivity index (χ0v) is 59.3. The minimum Gasteiger partial charge on any atom is -0.508 e. The van der Waals surface area contributed by atoms with E-state index in [-0.39, 0.29) is 0 Å². The van der Waals surface area contributed by atoms with Gasteiger partial charge in [0.2, 0.25) is 0 Å². The Morgan fingerprint density at radius 1 is 0.216 bits per heavy atom. The molecule has 0 fully saturated rings. The quantitative estimate of drug-likeness (QED) is 0.0752. The highest BCUT2D eigenvalue weighted by atomic mass is 16.3. The van der Waals surface area contributed by atoms with Gasteiger partial charge in [-0.1, -0.05) is 190 Å². The number of aromatic hydroxyl groups is 11. The van der Waals surface area contributed by atoms with Crippen LogP contribution in [0.4, 0.5) is 0 Å². The highest BCUT2D eigenvalue weighted by Crippen LogP contribution is 2.21. The molecule has 0 spiro atoms. The summed E-state index contributed by atoms with van der Waals surface area (Å²) in [6, 6.07) is 74.6. The highest BCUT2D eigenvalue weighted by Gasteiger charge is 1.98. The fraction of sp³-hybridized carbons (Fsp3) is 0.233. The van der Waals surface area contributed by atoms with Gasteiger partial charge in [-0.15, -0.1) is 0 Å². The molecule has 97 heavy (non-hydrogen) atoms. The maximum Gasteiger partial charge on any atom is 0.121 e. The van der Waals surface area contributed by atoms with E-state index in [9.17, 15) is 5.11 Å². The Kier molecular flexibility index (Phi) is 42.4. The van der Waals surface area contributed by atoms with Gasteiger partial charge in [-0.2, -0.15) is 0 Å². The molecule has 11 N–H and O–H groups in total. The van der Waals surface area contributed by atoms with Gasteiger partial charge in [0.15, 0.2) is 0 Å². The first kappa shape index (κ1) is 84.2. The molecule has 516 valence electrons. The van der Waals surface area contributed by atoms with Crippen LogP contribution in [0.1, 0.15) is 118 Å². The van der Waals surface area contributed by atoms with Gasteiger partial charge in [0, 0.05) is 0 Å². The summed E-state index contributed by atoms with van der Waals surface area (Å²) < 4.78 is 0. The van der Waals surface area contributed by atoms with Crippen molar-refractivity contribution in [2.75, 3.05) is 0 Å². The normalized spacial score (nSPS) is 9.42. The number of unbranched alkanes of at least 4 members (excludes halogenated alkanes) is 1. The zero-order chi connectivity index (χ0) is 72.7. The van der Waals surface area contributed by atoms with Crippen LogP contribution in [0.2, 0.25) is 0 Å². The number of hydrogen-bond donors (Lipinski definition) is 11. The standard InChI is InChI=1S/C10H14O.C9H12O.5C8H10O.3C7H8O.C6H6O/c1-2-3-4-9-5-7-10(11)8-6-9;1-2-3-8-4-6-9(10)7-5-8;1-6-3-4-8(9)5-7(6)2;1-6-3-4-8(9)7(2)5-6;1-6-3-4-7(2)8(9)5-6;1-6-4-3-5-7(2)8(6)9;1-2-7-3-5-8(9)6-4-7;1-6-2-4-7(8)5-3-6;1-6-3-2-4-7(8)5-6;1-6-4-2-3-5-7(6)8;7-6-4-2-1-3-5-6/h5-8,11H,2-4H2,1H3;4-7,10H,2-3H2,1H3;4*3-5,9H,1-2H3;3-6,9H,2H2,1H3;3*2-5,8H,1H3;1-5,7H. The van der Waals surface area contributed by atoms with Crippen LogP contribution in [-0.2, 0) is 19.3 Å².